The lowest BCUT2D eigenvalue weighted by molar-refractivity contribution is -0.130. The molecule has 1 atom stereocenters. The third kappa shape index (κ3) is 4.19. The van der Waals surface area contributed by atoms with Crippen LogP contribution in [0.4, 0.5) is 11.4 Å². The van der Waals surface area contributed by atoms with Crippen molar-refractivity contribution in [3.63, 3.8) is 0 Å². The Morgan fingerprint density at radius 2 is 1.89 bits per heavy atom. The van der Waals surface area contributed by atoms with Crippen LogP contribution in [0.2, 0.25) is 5.02 Å². The number of para-hydroxylation sites is 1. The highest BCUT2D eigenvalue weighted by Crippen LogP contribution is 2.37. The van der Waals surface area contributed by atoms with Crippen molar-refractivity contribution in [1.29, 1.82) is 0 Å². The monoisotopic (exact) mass is 401 g/mol. The van der Waals surface area contributed by atoms with Gasteiger partial charge in [-0.15, -0.1) is 11.8 Å². The van der Waals surface area contributed by atoms with Gasteiger partial charge in [0.2, 0.25) is 5.91 Å². The van der Waals surface area contributed by atoms with E-state index >= 15 is 0 Å². The maximum atomic E-state index is 12.9. The van der Waals surface area contributed by atoms with E-state index < -0.39 is 0 Å². The first kappa shape index (κ1) is 18.5. The number of halogens is 1. The zero-order valence-corrected chi connectivity index (χ0v) is 17.0. The second-order valence-corrected chi connectivity index (χ2v) is 9.04. The summed E-state index contributed by atoms with van der Waals surface area (Å²) >= 11 is 8.00. The minimum Gasteiger partial charge on any atom is -0.368 e. The zero-order valence-electron chi connectivity index (χ0n) is 15.5. The van der Waals surface area contributed by atoms with E-state index in [-0.39, 0.29) is 5.91 Å². The molecule has 0 aliphatic carbocycles. The fraction of sp³-hybridized carbons (Fsp3) is 0.381. The molecule has 0 radical (unpaired) electrons. The topological polar surface area (TPSA) is 26.8 Å². The molecule has 0 bridgehead atoms. The Hall–Kier alpha value is -1.85. The maximum Gasteiger partial charge on any atom is 0.242 e. The van der Waals surface area contributed by atoms with E-state index in [2.05, 4.69) is 47.1 Å². The second-order valence-electron chi connectivity index (χ2n) is 7.12. The van der Waals surface area contributed by atoms with E-state index in [1.807, 2.05) is 34.9 Å². The van der Waals surface area contributed by atoms with Crippen molar-refractivity contribution in [3.8, 4) is 0 Å². The van der Waals surface area contributed by atoms with E-state index in [0.717, 1.165) is 43.4 Å². The van der Waals surface area contributed by atoms with Crippen LogP contribution in [0.15, 0.2) is 53.4 Å². The number of benzene rings is 2. The molecule has 1 fully saturated rings. The molecule has 1 unspecified atom stereocenters. The van der Waals surface area contributed by atoms with Gasteiger partial charge in [-0.1, -0.05) is 36.7 Å². The van der Waals surface area contributed by atoms with Crippen molar-refractivity contribution in [1.82, 2.24) is 4.90 Å². The Labute approximate surface area is 170 Å². The van der Waals surface area contributed by atoms with Gasteiger partial charge in [-0.05, 0) is 30.3 Å². The predicted octanol–water partition coefficient (Wildman–Crippen LogP) is 3.99. The predicted molar refractivity (Wildman–Crippen MR) is 114 cm³/mol. The van der Waals surface area contributed by atoms with Gasteiger partial charge in [0.15, 0.2) is 0 Å². The minimum absolute atomic E-state index is 0.217. The van der Waals surface area contributed by atoms with Crippen molar-refractivity contribution >= 4 is 40.6 Å². The number of amides is 1. The molecule has 6 heteroatoms. The van der Waals surface area contributed by atoms with Gasteiger partial charge in [0, 0.05) is 53.6 Å². The Balaban J connectivity index is 1.38. The van der Waals surface area contributed by atoms with Gasteiger partial charge in [-0.3, -0.25) is 4.79 Å². The summed E-state index contributed by atoms with van der Waals surface area (Å²) < 4.78 is 0. The summed E-state index contributed by atoms with van der Waals surface area (Å²) in [6, 6.07) is 16.3. The molecule has 2 aromatic rings. The molecule has 27 heavy (non-hydrogen) atoms. The van der Waals surface area contributed by atoms with Crippen LogP contribution < -0.4 is 9.80 Å². The van der Waals surface area contributed by atoms with Crippen LogP contribution in [0.3, 0.4) is 0 Å². The van der Waals surface area contributed by atoms with Gasteiger partial charge >= 0.3 is 0 Å². The first-order valence-electron chi connectivity index (χ1n) is 9.39. The number of rotatable bonds is 3. The van der Waals surface area contributed by atoms with Gasteiger partial charge in [0.05, 0.1) is 12.2 Å². The molecule has 2 aliphatic heterocycles. The Morgan fingerprint density at radius 3 is 2.67 bits per heavy atom. The Kier molecular flexibility index (Phi) is 5.50. The Morgan fingerprint density at radius 1 is 1.11 bits per heavy atom. The highest BCUT2D eigenvalue weighted by atomic mass is 35.5. The molecule has 4 rings (SSSR count). The number of hydrogen-bond donors (Lipinski definition) is 0. The second kappa shape index (κ2) is 8.03. The van der Waals surface area contributed by atoms with Crippen LogP contribution >= 0.6 is 23.4 Å². The summed E-state index contributed by atoms with van der Waals surface area (Å²) in [4.78, 5) is 20.7. The van der Waals surface area contributed by atoms with Crippen molar-refractivity contribution in [2.45, 2.75) is 17.1 Å². The third-order valence-corrected chi connectivity index (χ3v) is 6.53. The lowest BCUT2D eigenvalue weighted by Crippen LogP contribution is -2.52. The average molecular weight is 402 g/mol. The summed E-state index contributed by atoms with van der Waals surface area (Å²) in [5, 5.41) is 1.24. The molecule has 0 aromatic heterocycles. The smallest absolute Gasteiger partial charge is 0.242 e. The van der Waals surface area contributed by atoms with Gasteiger partial charge in [0.25, 0.3) is 0 Å². The summed E-state index contributed by atoms with van der Waals surface area (Å²) in [6.07, 6.45) is 0. The molecule has 2 heterocycles. The molecule has 1 saturated heterocycles. The van der Waals surface area contributed by atoms with E-state index in [9.17, 15) is 4.79 Å². The number of thioether (sulfide) groups is 1. The van der Waals surface area contributed by atoms with Gasteiger partial charge in [-0.25, -0.2) is 0 Å². The van der Waals surface area contributed by atoms with Crippen molar-refractivity contribution in [3.05, 3.63) is 53.6 Å². The number of hydrogen-bond acceptors (Lipinski definition) is 4. The minimum atomic E-state index is 0.217. The largest absolute Gasteiger partial charge is 0.368 e. The summed E-state index contributed by atoms with van der Waals surface area (Å²) in [7, 11) is 0. The van der Waals surface area contributed by atoms with E-state index in [4.69, 9.17) is 11.6 Å². The molecular formula is C21H24ClN3OS. The van der Waals surface area contributed by atoms with Crippen molar-refractivity contribution in [2.24, 2.45) is 0 Å². The molecule has 1 amide bonds. The molecule has 2 aliphatic rings. The lowest BCUT2D eigenvalue weighted by Gasteiger charge is -2.39. The number of anilines is 2. The molecule has 4 nitrogen and oxygen atoms in total. The van der Waals surface area contributed by atoms with Crippen LogP contribution in [0.5, 0.6) is 0 Å². The number of fused-ring (bicyclic) bond motifs is 1. The number of nitrogens with zero attached hydrogens (tertiary/aromatic N) is 3. The van der Waals surface area contributed by atoms with Gasteiger partial charge in [-0.2, -0.15) is 0 Å². The van der Waals surface area contributed by atoms with E-state index in [1.54, 1.807) is 0 Å². The Bertz CT molecular complexity index is 823. The van der Waals surface area contributed by atoms with Crippen molar-refractivity contribution < 1.29 is 4.79 Å². The molecule has 142 valence electrons. The summed E-state index contributed by atoms with van der Waals surface area (Å²) in [5.74, 6) is 0.217. The SMILES string of the molecule is CC1CN(CC(=O)N2CCN(c3cccc(Cl)c3)CC2)c2ccccc2S1. The first-order valence-corrected chi connectivity index (χ1v) is 10.6. The third-order valence-electron chi connectivity index (χ3n) is 5.14. The summed E-state index contributed by atoms with van der Waals surface area (Å²) in [6.45, 7) is 6.79. The van der Waals surface area contributed by atoms with Crippen LogP contribution in [0, 0.1) is 0 Å². The highest BCUT2D eigenvalue weighted by Gasteiger charge is 2.27. The molecule has 2 aromatic carbocycles. The van der Waals surface area contributed by atoms with E-state index in [1.165, 1.54) is 10.6 Å². The zero-order chi connectivity index (χ0) is 18.8. The highest BCUT2D eigenvalue weighted by molar-refractivity contribution is 8.00. The quantitative estimate of drug-likeness (QED) is 0.777. The standard InChI is InChI=1S/C21H24ClN3OS/c1-16-14-25(19-7-2-3-8-20(19)27-16)15-21(26)24-11-9-23(10-12-24)18-6-4-5-17(22)13-18/h2-8,13,16H,9-12,14-15H2,1H3. The fourth-order valence-electron chi connectivity index (χ4n) is 3.78. The normalized spacial score (nSPS) is 19.8. The summed E-state index contributed by atoms with van der Waals surface area (Å²) in [5.41, 5.74) is 2.32. The van der Waals surface area contributed by atoms with E-state index in [0.29, 0.717) is 11.8 Å². The van der Waals surface area contributed by atoms with Crippen LogP contribution in [0.25, 0.3) is 0 Å². The molecule has 0 N–H and O–H groups in total. The maximum absolute atomic E-state index is 12.9. The number of piperazine rings is 1. The fourth-order valence-corrected chi connectivity index (χ4v) is 5.13. The van der Waals surface area contributed by atoms with Crippen LogP contribution in [0.1, 0.15) is 6.92 Å². The van der Waals surface area contributed by atoms with Crippen LogP contribution in [-0.4, -0.2) is 55.3 Å². The lowest BCUT2D eigenvalue weighted by atomic mass is 10.2. The van der Waals surface area contributed by atoms with Crippen LogP contribution in [-0.2, 0) is 4.79 Å². The molecule has 0 spiro atoms. The number of carbonyl (C=O) groups is 1. The van der Waals surface area contributed by atoms with Gasteiger partial charge < -0.3 is 14.7 Å². The molecular weight excluding hydrogens is 378 g/mol. The molecule has 0 saturated carbocycles. The first-order chi connectivity index (χ1) is 13.1. The van der Waals surface area contributed by atoms with Gasteiger partial charge in [0.1, 0.15) is 0 Å². The van der Waals surface area contributed by atoms with Crippen molar-refractivity contribution in [2.75, 3.05) is 49.1 Å². The number of carbonyl (C=O) groups excluding carboxylic acids is 1. The average Bonchev–Trinajstić information content (AvgIpc) is 2.68.